The van der Waals surface area contributed by atoms with Crippen LogP contribution in [0.3, 0.4) is 0 Å². The van der Waals surface area contributed by atoms with Crippen LogP contribution in [-0.4, -0.2) is 104 Å². The third-order valence-corrected chi connectivity index (χ3v) is 7.84. The van der Waals surface area contributed by atoms with E-state index in [-0.39, 0.29) is 45.6 Å². The van der Waals surface area contributed by atoms with E-state index < -0.39 is 41.7 Å². The number of oxime groups is 1. The van der Waals surface area contributed by atoms with E-state index in [9.17, 15) is 24.3 Å². The molecule has 2 aromatic rings. The quantitative estimate of drug-likeness (QED) is 0.0563. The average Bonchev–Trinajstić information content (AvgIpc) is 3.50. The number of nitrogens with one attached hydrogen (secondary N) is 1. The Kier molecular flexibility index (Phi) is 8.22. The van der Waals surface area contributed by atoms with E-state index in [0.29, 0.717) is 5.57 Å². The average molecular weight is 583 g/mol. The first-order valence-corrected chi connectivity index (χ1v) is 13.2. The second-order valence-electron chi connectivity index (χ2n) is 7.40. The third-order valence-electron chi connectivity index (χ3n) is 4.91. The minimum Gasteiger partial charge on any atom is -0.480 e. The van der Waals surface area contributed by atoms with Gasteiger partial charge >= 0.3 is 11.9 Å². The number of fused-ring (bicyclic) bond motifs is 1. The molecule has 20 heteroatoms. The van der Waals surface area contributed by atoms with Gasteiger partial charge in [-0.2, -0.15) is 9.36 Å². The number of carbonyl (C=O) groups excluding carboxylic acids is 2. The van der Waals surface area contributed by atoms with Crippen LogP contribution < -0.4 is 11.1 Å². The summed E-state index contributed by atoms with van der Waals surface area (Å²) in [6.07, 6.45) is 1.41. The lowest BCUT2D eigenvalue weighted by Gasteiger charge is -2.49. The molecule has 0 saturated carbocycles. The van der Waals surface area contributed by atoms with Crippen molar-refractivity contribution in [3.8, 4) is 0 Å². The van der Waals surface area contributed by atoms with Gasteiger partial charge in [0.2, 0.25) is 16.7 Å². The number of nitrogen functional groups attached to an aromatic ring is 1. The first kappa shape index (κ1) is 27.0. The molecular formula is C18H18N10O7S3. The molecule has 5 N–H and O–H groups in total. The van der Waals surface area contributed by atoms with Crippen molar-refractivity contribution < 1.29 is 34.2 Å². The minimum atomic E-state index is -1.32. The number of carboxylic acid groups (broad SMARTS) is 2. The van der Waals surface area contributed by atoms with E-state index in [0.717, 1.165) is 32.9 Å². The zero-order valence-corrected chi connectivity index (χ0v) is 21.5. The molecule has 2 amide bonds. The van der Waals surface area contributed by atoms with Crippen molar-refractivity contribution >= 4 is 69.7 Å². The lowest BCUT2D eigenvalue weighted by atomic mass is 10.0. The number of rotatable bonds is 12. The van der Waals surface area contributed by atoms with Gasteiger partial charge < -0.3 is 26.1 Å². The molecule has 2 aliphatic rings. The zero-order chi connectivity index (χ0) is 27.4. The molecule has 1 unspecified atom stereocenters. The highest BCUT2D eigenvalue weighted by Gasteiger charge is 2.54. The van der Waals surface area contributed by atoms with E-state index >= 15 is 0 Å². The molecule has 0 radical (unpaired) electrons. The van der Waals surface area contributed by atoms with Gasteiger partial charge in [-0.25, -0.2) is 9.48 Å². The summed E-state index contributed by atoms with van der Waals surface area (Å²) in [7, 11) is 0. The standard InChI is InChI=1S/C18H18N10O7S3/c1-2-3-35-23-9(12-21-17(19)38-24-12)13(31)20-10-14(32)28-11(16(33)34)7(5-36-15(10)28)6-37-18-22-25-26-27(18)4-8(29)30/h2,10,15H,1,3-6H2,(H,20,31)(H,29,30)(H,33,34)(H2,19,21,24)/b23-9-/t10?,15-/m1/s1. The molecular weight excluding hydrogens is 564 g/mol. The summed E-state index contributed by atoms with van der Waals surface area (Å²) in [6.45, 7) is 3.03. The van der Waals surface area contributed by atoms with Crippen LogP contribution in [-0.2, 0) is 30.6 Å². The molecule has 0 bridgehead atoms. The zero-order valence-electron chi connectivity index (χ0n) is 19.1. The Morgan fingerprint density at radius 3 is 2.82 bits per heavy atom. The second-order valence-corrected chi connectivity index (χ2v) is 10.2. The van der Waals surface area contributed by atoms with E-state index in [1.165, 1.54) is 17.8 Å². The minimum absolute atomic E-state index is 0.00124. The number of hydrogen-bond donors (Lipinski definition) is 4. The number of thioether (sulfide) groups is 2. The van der Waals surface area contributed by atoms with E-state index in [1.807, 2.05) is 0 Å². The molecule has 17 nitrogen and oxygen atoms in total. The highest BCUT2D eigenvalue weighted by atomic mass is 32.2. The van der Waals surface area contributed by atoms with E-state index in [2.05, 4.69) is 41.9 Å². The van der Waals surface area contributed by atoms with Crippen molar-refractivity contribution in [1.82, 2.24) is 39.8 Å². The lowest BCUT2D eigenvalue weighted by molar-refractivity contribution is -0.150. The normalized spacial score (nSPS) is 19.0. The number of anilines is 1. The summed E-state index contributed by atoms with van der Waals surface area (Å²) in [5, 5.41) is 35.5. The van der Waals surface area contributed by atoms with Gasteiger partial charge in [-0.3, -0.25) is 19.3 Å². The maximum absolute atomic E-state index is 13.0. The van der Waals surface area contributed by atoms with E-state index in [4.69, 9.17) is 15.7 Å². The molecule has 1 fully saturated rings. The Morgan fingerprint density at radius 1 is 1.37 bits per heavy atom. The first-order valence-electron chi connectivity index (χ1n) is 10.4. The molecule has 4 rings (SSSR count). The van der Waals surface area contributed by atoms with Crippen LogP contribution in [0.5, 0.6) is 0 Å². The predicted octanol–water partition coefficient (Wildman–Crippen LogP) is -1.37. The Morgan fingerprint density at radius 2 is 2.16 bits per heavy atom. The fraction of sp³-hybridized carbons (Fsp3) is 0.333. The van der Waals surface area contributed by atoms with Crippen molar-refractivity contribution in [2.75, 3.05) is 23.8 Å². The molecule has 0 spiro atoms. The van der Waals surface area contributed by atoms with Gasteiger partial charge in [0, 0.05) is 23.0 Å². The van der Waals surface area contributed by atoms with Crippen LogP contribution in [0.25, 0.3) is 0 Å². The van der Waals surface area contributed by atoms with Crippen LogP contribution in [0, 0.1) is 0 Å². The summed E-state index contributed by atoms with van der Waals surface area (Å²) in [5.74, 6) is -3.68. The monoisotopic (exact) mass is 582 g/mol. The van der Waals surface area contributed by atoms with Gasteiger partial charge in [0.05, 0.1) is 0 Å². The number of carbonyl (C=O) groups is 4. The Hall–Kier alpha value is -4.04. The molecule has 4 heterocycles. The fourth-order valence-electron chi connectivity index (χ4n) is 3.35. The van der Waals surface area contributed by atoms with Crippen LogP contribution >= 0.6 is 35.1 Å². The molecule has 38 heavy (non-hydrogen) atoms. The molecule has 200 valence electrons. The van der Waals surface area contributed by atoms with Gasteiger partial charge in [0.1, 0.15) is 30.3 Å². The SMILES string of the molecule is C=CCO/N=C(\C(=O)NC1C(=O)N2C(C(=O)O)=C(CSc3nnnn3CC(=O)O)CS[C@H]12)c1nsc(N)n1. The summed E-state index contributed by atoms with van der Waals surface area (Å²) >= 11 is 3.13. The number of nitrogens with two attached hydrogens (primary N) is 1. The Labute approximate surface area is 225 Å². The van der Waals surface area contributed by atoms with Crippen LogP contribution in [0.2, 0.25) is 0 Å². The summed E-state index contributed by atoms with van der Waals surface area (Å²) in [6, 6.07) is -1.04. The maximum Gasteiger partial charge on any atom is 0.352 e. The number of amides is 2. The summed E-state index contributed by atoms with van der Waals surface area (Å²) in [5.41, 5.74) is 5.48. The second kappa shape index (κ2) is 11.6. The van der Waals surface area contributed by atoms with Gasteiger partial charge in [-0.1, -0.05) is 29.6 Å². The topological polar surface area (TPSA) is 241 Å². The van der Waals surface area contributed by atoms with Crippen LogP contribution in [0.1, 0.15) is 5.82 Å². The molecule has 2 atom stereocenters. The number of β-lactam (4-membered cyclic amide) rings is 1. The van der Waals surface area contributed by atoms with E-state index in [1.54, 1.807) is 0 Å². The van der Waals surface area contributed by atoms with Crippen molar-refractivity contribution in [2.24, 2.45) is 5.16 Å². The number of carboxylic acids is 2. The number of aromatic nitrogens is 6. The van der Waals surface area contributed by atoms with Crippen molar-refractivity contribution in [1.29, 1.82) is 0 Å². The third kappa shape index (κ3) is 5.60. The number of tetrazole rings is 1. The van der Waals surface area contributed by atoms with Crippen molar-refractivity contribution in [3.63, 3.8) is 0 Å². The van der Waals surface area contributed by atoms with Gasteiger partial charge in [0.25, 0.3) is 11.8 Å². The Balaban J connectivity index is 1.48. The van der Waals surface area contributed by atoms with Crippen LogP contribution in [0.4, 0.5) is 5.13 Å². The smallest absolute Gasteiger partial charge is 0.352 e. The fourth-order valence-corrected chi connectivity index (χ4v) is 6.15. The molecule has 2 aliphatic heterocycles. The predicted molar refractivity (Wildman–Crippen MR) is 133 cm³/mol. The molecule has 1 saturated heterocycles. The summed E-state index contributed by atoms with van der Waals surface area (Å²) in [4.78, 5) is 59.0. The molecule has 0 aliphatic carbocycles. The number of hydrogen-bond acceptors (Lipinski definition) is 15. The summed E-state index contributed by atoms with van der Waals surface area (Å²) < 4.78 is 5.01. The highest BCUT2D eigenvalue weighted by Crippen LogP contribution is 2.41. The Bertz CT molecular complexity index is 1360. The first-order chi connectivity index (χ1) is 18.2. The van der Waals surface area contributed by atoms with Gasteiger partial charge in [-0.05, 0) is 16.0 Å². The molecule has 2 aromatic heterocycles. The number of aliphatic carboxylic acids is 2. The van der Waals surface area contributed by atoms with Gasteiger partial charge in [0.15, 0.2) is 5.13 Å². The van der Waals surface area contributed by atoms with Crippen LogP contribution in [0.15, 0.2) is 34.2 Å². The molecule has 0 aromatic carbocycles. The lowest BCUT2D eigenvalue weighted by Crippen LogP contribution is -2.71. The van der Waals surface area contributed by atoms with Gasteiger partial charge in [-0.15, -0.1) is 16.9 Å². The van der Waals surface area contributed by atoms with Crippen molar-refractivity contribution in [3.05, 3.63) is 29.7 Å². The number of nitrogens with zero attached hydrogens (tertiary/aromatic N) is 8. The van der Waals surface area contributed by atoms with Crippen molar-refractivity contribution in [2.45, 2.75) is 23.1 Å². The highest BCUT2D eigenvalue weighted by molar-refractivity contribution is 8.01. The maximum atomic E-state index is 13.0. The largest absolute Gasteiger partial charge is 0.480 e.